The van der Waals surface area contributed by atoms with E-state index in [1.54, 1.807) is 0 Å². The number of nitrogens with two attached hydrogens (primary N) is 1. The van der Waals surface area contributed by atoms with Crippen molar-refractivity contribution in [2.24, 2.45) is 0 Å². The zero-order chi connectivity index (χ0) is 16.5. The molecule has 2 radical (unpaired) electrons. The van der Waals surface area contributed by atoms with Gasteiger partial charge in [-0.05, 0) is 12.1 Å². The van der Waals surface area contributed by atoms with Crippen molar-refractivity contribution in [1.29, 1.82) is 0 Å². The Balaban J connectivity index is 2.50. The molecule has 2 rings (SSSR count). The van der Waals surface area contributed by atoms with Crippen LogP contribution in [0.2, 0.25) is 10.0 Å². The van der Waals surface area contributed by atoms with E-state index in [1.807, 2.05) is 0 Å². The fraction of sp³-hybridized carbons (Fsp3) is 0.0909. The van der Waals surface area contributed by atoms with Gasteiger partial charge in [0, 0.05) is 5.59 Å². The maximum atomic E-state index is 12.4. The van der Waals surface area contributed by atoms with E-state index in [2.05, 4.69) is 14.7 Å². The number of anilines is 2. The van der Waals surface area contributed by atoms with Crippen LogP contribution in [0.1, 0.15) is 0 Å². The monoisotopic (exact) mass is 358 g/mol. The molecule has 22 heavy (non-hydrogen) atoms. The van der Waals surface area contributed by atoms with Gasteiger partial charge in [0.1, 0.15) is 18.6 Å². The molecule has 0 aliphatic heterocycles. The summed E-state index contributed by atoms with van der Waals surface area (Å²) in [6.45, 7) is 0. The number of halogens is 2. The number of sulfonamides is 1. The average molecular weight is 359 g/mol. The lowest BCUT2D eigenvalue weighted by molar-refractivity contribution is 0.399. The highest BCUT2D eigenvalue weighted by molar-refractivity contribution is 7.92. The Kier molecular flexibility index (Phi) is 4.69. The molecule has 11 heteroatoms. The van der Waals surface area contributed by atoms with Gasteiger partial charge in [-0.15, -0.1) is 0 Å². The second kappa shape index (κ2) is 6.19. The number of hydrogen-bond donors (Lipinski definition) is 2. The maximum Gasteiger partial charge on any atom is 0.264 e. The molecule has 2 aromatic rings. The van der Waals surface area contributed by atoms with Gasteiger partial charge in [0.2, 0.25) is 5.82 Å². The van der Waals surface area contributed by atoms with E-state index >= 15 is 0 Å². The van der Waals surface area contributed by atoms with Crippen LogP contribution in [0.15, 0.2) is 23.1 Å². The fourth-order valence-electron chi connectivity index (χ4n) is 1.53. The first kappa shape index (κ1) is 16.7. The van der Waals surface area contributed by atoms with Crippen LogP contribution in [-0.4, -0.2) is 33.3 Å². The number of methoxy groups -OCH3 is 1. The molecule has 0 amide bonds. The molecule has 0 saturated heterocycles. The summed E-state index contributed by atoms with van der Waals surface area (Å²) < 4.78 is 31.9. The van der Waals surface area contributed by atoms with Gasteiger partial charge in [-0.2, -0.15) is 0 Å². The predicted molar refractivity (Wildman–Crippen MR) is 85.7 cm³/mol. The van der Waals surface area contributed by atoms with E-state index in [0.29, 0.717) is 0 Å². The van der Waals surface area contributed by atoms with E-state index in [4.69, 9.17) is 41.5 Å². The third-order valence-electron chi connectivity index (χ3n) is 2.55. The number of nitrogen functional groups attached to an aromatic ring is 1. The molecular weight excluding hydrogens is 350 g/mol. The van der Waals surface area contributed by atoms with Gasteiger partial charge in [0.15, 0.2) is 0 Å². The summed E-state index contributed by atoms with van der Waals surface area (Å²) in [5.41, 5.74) is 5.44. The number of ether oxygens (including phenoxy) is 1. The van der Waals surface area contributed by atoms with Crippen LogP contribution < -0.4 is 20.8 Å². The zero-order valence-electron chi connectivity index (χ0n) is 11.2. The SMILES string of the molecule is [B]c1nc(OC)c(NS(=O)(=O)c2cccc(Cl)c2Cl)nc1N. The second-order valence-corrected chi connectivity index (χ2v) is 6.45. The van der Waals surface area contributed by atoms with Gasteiger partial charge in [-0.3, -0.25) is 4.72 Å². The minimum atomic E-state index is -4.07. The first-order chi connectivity index (χ1) is 10.3. The van der Waals surface area contributed by atoms with E-state index in [9.17, 15) is 8.42 Å². The van der Waals surface area contributed by atoms with Crippen molar-refractivity contribution >= 4 is 58.3 Å². The van der Waals surface area contributed by atoms with Crippen molar-refractivity contribution in [3.05, 3.63) is 28.2 Å². The Morgan fingerprint density at radius 3 is 2.64 bits per heavy atom. The normalized spacial score (nSPS) is 11.2. The number of hydrogen-bond acceptors (Lipinski definition) is 6. The summed E-state index contributed by atoms with van der Waals surface area (Å²) in [6, 6.07) is 4.20. The zero-order valence-corrected chi connectivity index (χ0v) is 13.5. The Hall–Kier alpha value is -1.71. The predicted octanol–water partition coefficient (Wildman–Crippen LogP) is 0.969. The van der Waals surface area contributed by atoms with E-state index in [1.165, 1.54) is 25.3 Å². The van der Waals surface area contributed by atoms with E-state index < -0.39 is 10.0 Å². The quantitative estimate of drug-likeness (QED) is 0.788. The third kappa shape index (κ3) is 3.21. The molecular formula is C11H9BCl2N4O3S. The van der Waals surface area contributed by atoms with Crippen LogP contribution >= 0.6 is 23.2 Å². The number of nitrogens with one attached hydrogen (secondary N) is 1. The highest BCUT2D eigenvalue weighted by atomic mass is 35.5. The second-order valence-electron chi connectivity index (χ2n) is 4.01. The molecule has 0 unspecified atom stereocenters. The lowest BCUT2D eigenvalue weighted by Crippen LogP contribution is -2.21. The Morgan fingerprint density at radius 1 is 1.32 bits per heavy atom. The largest absolute Gasteiger partial charge is 0.478 e. The first-order valence-corrected chi connectivity index (χ1v) is 7.94. The lowest BCUT2D eigenvalue weighted by atomic mass is 10.1. The fourth-order valence-corrected chi connectivity index (χ4v) is 3.29. The summed E-state index contributed by atoms with van der Waals surface area (Å²) in [5, 5.41) is -0.0218. The summed E-state index contributed by atoms with van der Waals surface area (Å²) in [7, 11) is 2.70. The van der Waals surface area contributed by atoms with Crippen LogP contribution in [0.4, 0.5) is 11.6 Å². The van der Waals surface area contributed by atoms with Crippen LogP contribution in [0.25, 0.3) is 0 Å². The van der Waals surface area contributed by atoms with Gasteiger partial charge < -0.3 is 10.5 Å². The molecule has 0 aliphatic carbocycles. The standard InChI is InChI=1S/C11H9BCl2N4O3S/c1-21-11-10(17-9(15)8(12)16-11)18-22(19,20)6-4-2-3-5(13)7(6)14/h2-4H,1H3,(H3,15,17,18). The van der Waals surface area contributed by atoms with Gasteiger partial charge in [-0.1, -0.05) is 29.3 Å². The van der Waals surface area contributed by atoms with Gasteiger partial charge in [0.25, 0.3) is 15.9 Å². The average Bonchev–Trinajstić information content (AvgIpc) is 2.45. The van der Waals surface area contributed by atoms with E-state index in [0.717, 1.165) is 0 Å². The molecule has 114 valence electrons. The molecule has 0 bridgehead atoms. The van der Waals surface area contributed by atoms with Crippen molar-refractivity contribution in [3.63, 3.8) is 0 Å². The molecule has 0 aliphatic rings. The number of benzene rings is 1. The Bertz CT molecular complexity index is 832. The highest BCUT2D eigenvalue weighted by Gasteiger charge is 2.23. The summed E-state index contributed by atoms with van der Waals surface area (Å²) >= 11 is 11.7. The molecule has 0 atom stereocenters. The summed E-state index contributed by atoms with van der Waals surface area (Å²) in [4.78, 5) is 7.37. The third-order valence-corrected chi connectivity index (χ3v) is 4.86. The smallest absolute Gasteiger partial charge is 0.264 e. The minimum absolute atomic E-state index is 0.0828. The molecule has 0 fully saturated rings. The van der Waals surface area contributed by atoms with Crippen LogP contribution in [-0.2, 0) is 10.0 Å². The van der Waals surface area contributed by atoms with Crippen molar-refractivity contribution in [1.82, 2.24) is 9.97 Å². The topological polar surface area (TPSA) is 107 Å². The van der Waals surface area contributed by atoms with Crippen LogP contribution in [0.5, 0.6) is 5.88 Å². The number of rotatable bonds is 4. The van der Waals surface area contributed by atoms with Crippen molar-refractivity contribution in [2.75, 3.05) is 17.6 Å². The summed E-state index contributed by atoms with van der Waals surface area (Å²) in [6.07, 6.45) is 0. The molecule has 0 saturated carbocycles. The Morgan fingerprint density at radius 2 is 2.00 bits per heavy atom. The van der Waals surface area contributed by atoms with E-state index in [-0.39, 0.29) is 38.0 Å². The first-order valence-electron chi connectivity index (χ1n) is 5.70. The summed E-state index contributed by atoms with van der Waals surface area (Å²) in [5.74, 6) is -0.491. The molecule has 3 N–H and O–H groups in total. The number of aromatic nitrogens is 2. The number of nitrogens with zero attached hydrogens (tertiary/aromatic N) is 2. The molecule has 1 aromatic heterocycles. The molecule has 1 heterocycles. The van der Waals surface area contributed by atoms with Gasteiger partial charge in [-0.25, -0.2) is 18.4 Å². The highest BCUT2D eigenvalue weighted by Crippen LogP contribution is 2.31. The van der Waals surface area contributed by atoms with Crippen LogP contribution in [0, 0.1) is 0 Å². The van der Waals surface area contributed by atoms with Crippen molar-refractivity contribution in [2.45, 2.75) is 4.90 Å². The molecule has 0 spiro atoms. The maximum absolute atomic E-state index is 12.4. The van der Waals surface area contributed by atoms with Crippen LogP contribution in [0.3, 0.4) is 0 Å². The molecule has 7 nitrogen and oxygen atoms in total. The Labute approximate surface area is 138 Å². The lowest BCUT2D eigenvalue weighted by Gasteiger charge is -2.13. The van der Waals surface area contributed by atoms with Crippen molar-refractivity contribution < 1.29 is 13.2 Å². The van der Waals surface area contributed by atoms with Crippen molar-refractivity contribution in [3.8, 4) is 5.88 Å². The van der Waals surface area contributed by atoms with Gasteiger partial charge in [0.05, 0.1) is 17.2 Å². The molecule has 1 aromatic carbocycles. The van der Waals surface area contributed by atoms with Gasteiger partial charge >= 0.3 is 0 Å². The minimum Gasteiger partial charge on any atom is -0.478 e.